The molecular weight excluding hydrogens is 183 g/mol. The van der Waals surface area contributed by atoms with Crippen LogP contribution in [0.5, 0.6) is 0 Å². The van der Waals surface area contributed by atoms with Gasteiger partial charge < -0.3 is 16.6 Å². The van der Waals surface area contributed by atoms with E-state index in [1.54, 1.807) is 0 Å². The summed E-state index contributed by atoms with van der Waals surface area (Å²) in [7, 11) is -2.07. The zero-order valence-corrected chi connectivity index (χ0v) is 7.53. The fraction of sp³-hybridized carbons (Fsp3) is 0.800. The largest absolute Gasteiger partial charge is 0.511 e. The van der Waals surface area contributed by atoms with Gasteiger partial charge in [-0.15, -0.1) is 4.52 Å². The average Bonchev–Trinajstić information content (AvgIpc) is 1.84. The van der Waals surface area contributed by atoms with Gasteiger partial charge in [-0.1, -0.05) is 0 Å². The molecule has 0 saturated heterocycles. The van der Waals surface area contributed by atoms with E-state index in [1.807, 2.05) is 0 Å². The Morgan fingerprint density at radius 2 is 2.17 bits per heavy atom. The molecule has 0 rings (SSSR count). The number of rotatable bonds is 5. The third kappa shape index (κ3) is 5.15. The Morgan fingerprint density at radius 1 is 1.67 bits per heavy atom. The summed E-state index contributed by atoms with van der Waals surface area (Å²) in [5.74, 6) is -1.20. The van der Waals surface area contributed by atoms with E-state index in [-0.39, 0.29) is 6.16 Å². The number of aliphatic carboxylic acids is 1. The maximum Gasteiger partial charge on any atom is 0.511 e. The second-order valence-corrected chi connectivity index (χ2v) is 3.51. The maximum atomic E-state index is 10.9. The van der Waals surface area contributed by atoms with Crippen LogP contribution in [0.15, 0.2) is 0 Å². The molecule has 0 saturated carbocycles. The number of carboxylic acids is 1. The molecule has 0 aromatic carbocycles. The molecular formula is C5H12N2O4P+. The average molecular weight is 195 g/mol. The first-order chi connectivity index (χ1) is 5.43. The number of carbonyl (C=O) groups is 1. The molecule has 3 unspecified atom stereocenters. The van der Waals surface area contributed by atoms with Crippen LogP contribution in [0.4, 0.5) is 0 Å². The van der Waals surface area contributed by atoms with E-state index in [4.69, 9.17) is 16.6 Å². The van der Waals surface area contributed by atoms with Crippen molar-refractivity contribution in [1.82, 2.24) is 0 Å². The van der Waals surface area contributed by atoms with Gasteiger partial charge in [0.2, 0.25) is 6.16 Å². The van der Waals surface area contributed by atoms with Gasteiger partial charge in [-0.2, -0.15) is 0 Å². The van der Waals surface area contributed by atoms with Crippen LogP contribution in [-0.2, 0) is 13.9 Å². The van der Waals surface area contributed by atoms with Crippen molar-refractivity contribution in [2.24, 2.45) is 11.5 Å². The summed E-state index contributed by atoms with van der Waals surface area (Å²) < 4.78 is 15.5. The number of hydrogen-bond acceptors (Lipinski definition) is 5. The first kappa shape index (κ1) is 11.4. The summed E-state index contributed by atoms with van der Waals surface area (Å²) >= 11 is 0. The van der Waals surface area contributed by atoms with Crippen LogP contribution in [0, 0.1) is 0 Å². The van der Waals surface area contributed by atoms with E-state index in [2.05, 4.69) is 4.52 Å². The molecule has 0 aromatic heterocycles. The summed E-state index contributed by atoms with van der Waals surface area (Å²) in [4.78, 5) is 10.2. The third-order valence-corrected chi connectivity index (χ3v) is 2.21. The first-order valence-electron chi connectivity index (χ1n) is 3.29. The lowest BCUT2D eigenvalue weighted by Gasteiger charge is -1.98. The summed E-state index contributed by atoms with van der Waals surface area (Å²) in [5, 5.41) is 8.32. The lowest BCUT2D eigenvalue weighted by Crippen LogP contribution is -2.33. The third-order valence-electron chi connectivity index (χ3n) is 0.947. The zero-order chi connectivity index (χ0) is 9.72. The maximum absolute atomic E-state index is 10.9. The number of hydrogen-bond donors (Lipinski definition) is 3. The van der Waals surface area contributed by atoms with Crippen LogP contribution >= 0.6 is 8.03 Å². The summed E-state index contributed by atoms with van der Waals surface area (Å²) in [5.41, 5.74) is 10.2. The van der Waals surface area contributed by atoms with Gasteiger partial charge in [-0.3, -0.25) is 4.79 Å². The Morgan fingerprint density at radius 3 is 2.50 bits per heavy atom. The fourth-order valence-electron chi connectivity index (χ4n) is 0.467. The Kier molecular flexibility index (Phi) is 4.92. The quantitative estimate of drug-likeness (QED) is 0.401. The van der Waals surface area contributed by atoms with Gasteiger partial charge in [0.1, 0.15) is 0 Å². The molecule has 0 aliphatic carbocycles. The molecule has 0 fully saturated rings. The molecule has 0 heterocycles. The van der Waals surface area contributed by atoms with Gasteiger partial charge in [0.15, 0.2) is 12.3 Å². The minimum Gasteiger partial charge on any atom is -0.480 e. The van der Waals surface area contributed by atoms with Crippen LogP contribution in [0.1, 0.15) is 6.92 Å². The van der Waals surface area contributed by atoms with Crippen LogP contribution in [-0.4, -0.2) is 29.5 Å². The van der Waals surface area contributed by atoms with Crippen molar-refractivity contribution in [3.8, 4) is 0 Å². The van der Waals surface area contributed by atoms with Crippen LogP contribution < -0.4 is 11.5 Å². The predicted octanol–water partition coefficient (Wildman–Crippen LogP) is -0.538. The Balaban J connectivity index is 3.77. The van der Waals surface area contributed by atoms with E-state index < -0.39 is 26.3 Å². The second kappa shape index (κ2) is 5.16. The SMILES string of the molecule is CC(N)O[P+](=O)CC(N)C(=O)O. The Labute approximate surface area is 70.7 Å². The number of nitrogens with two attached hydrogens (primary N) is 2. The molecule has 0 spiro atoms. The van der Waals surface area contributed by atoms with E-state index in [0.717, 1.165) is 0 Å². The molecule has 12 heavy (non-hydrogen) atoms. The van der Waals surface area contributed by atoms with Crippen molar-refractivity contribution in [3.63, 3.8) is 0 Å². The molecule has 7 heteroatoms. The Hall–Kier alpha value is -0.550. The molecule has 70 valence electrons. The van der Waals surface area contributed by atoms with Gasteiger partial charge in [0.05, 0.1) is 0 Å². The van der Waals surface area contributed by atoms with Gasteiger partial charge in [0, 0.05) is 0 Å². The van der Waals surface area contributed by atoms with E-state index in [9.17, 15) is 9.36 Å². The van der Waals surface area contributed by atoms with Crippen molar-refractivity contribution in [1.29, 1.82) is 0 Å². The van der Waals surface area contributed by atoms with Gasteiger partial charge in [-0.25, -0.2) is 0 Å². The van der Waals surface area contributed by atoms with E-state index in [0.29, 0.717) is 0 Å². The highest BCUT2D eigenvalue weighted by atomic mass is 31.1. The Bertz CT molecular complexity index is 184. The van der Waals surface area contributed by atoms with Crippen molar-refractivity contribution in [2.75, 3.05) is 6.16 Å². The molecule has 0 aromatic rings. The molecule has 3 atom stereocenters. The van der Waals surface area contributed by atoms with Gasteiger partial charge in [-0.05, 0) is 11.5 Å². The minimum atomic E-state index is -2.07. The topological polar surface area (TPSA) is 116 Å². The first-order valence-corrected chi connectivity index (χ1v) is 4.65. The normalized spacial score (nSPS) is 16.8. The standard InChI is InChI=1S/C5H11N2O4P/c1-3(6)11-12(10)2-4(7)5(8)9/h3-4H,2,6-7H2,1H3/p+1. The highest BCUT2D eigenvalue weighted by Crippen LogP contribution is 2.23. The van der Waals surface area contributed by atoms with E-state index >= 15 is 0 Å². The minimum absolute atomic E-state index is 0.216. The predicted molar refractivity (Wildman–Crippen MR) is 42.8 cm³/mol. The van der Waals surface area contributed by atoms with Gasteiger partial charge in [0.25, 0.3) is 0 Å². The molecule has 0 radical (unpaired) electrons. The second-order valence-electron chi connectivity index (χ2n) is 2.27. The van der Waals surface area contributed by atoms with E-state index in [1.165, 1.54) is 6.92 Å². The molecule has 6 nitrogen and oxygen atoms in total. The highest BCUT2D eigenvalue weighted by molar-refractivity contribution is 7.39. The fourth-order valence-corrected chi connectivity index (χ4v) is 1.40. The monoisotopic (exact) mass is 195 g/mol. The van der Waals surface area contributed by atoms with Crippen molar-refractivity contribution in [3.05, 3.63) is 0 Å². The molecule has 0 amide bonds. The van der Waals surface area contributed by atoms with Crippen molar-refractivity contribution < 1.29 is 19.0 Å². The lowest BCUT2D eigenvalue weighted by molar-refractivity contribution is -0.138. The molecule has 0 aliphatic heterocycles. The molecule has 5 N–H and O–H groups in total. The van der Waals surface area contributed by atoms with Crippen LogP contribution in [0.2, 0.25) is 0 Å². The van der Waals surface area contributed by atoms with Crippen LogP contribution in [0.3, 0.4) is 0 Å². The highest BCUT2D eigenvalue weighted by Gasteiger charge is 2.28. The zero-order valence-electron chi connectivity index (χ0n) is 6.64. The summed E-state index contributed by atoms with van der Waals surface area (Å²) in [6.07, 6.45) is -0.888. The number of carboxylic acid groups (broad SMARTS) is 1. The van der Waals surface area contributed by atoms with Crippen molar-refractivity contribution in [2.45, 2.75) is 19.2 Å². The van der Waals surface area contributed by atoms with Crippen molar-refractivity contribution >= 4 is 14.0 Å². The smallest absolute Gasteiger partial charge is 0.480 e. The summed E-state index contributed by atoms with van der Waals surface area (Å²) in [6, 6.07) is -1.16. The molecule has 0 aliphatic rings. The molecule has 0 bridgehead atoms. The summed E-state index contributed by atoms with van der Waals surface area (Å²) in [6.45, 7) is 1.50. The lowest BCUT2D eigenvalue weighted by atomic mass is 10.4. The van der Waals surface area contributed by atoms with Crippen LogP contribution in [0.25, 0.3) is 0 Å². The van der Waals surface area contributed by atoms with Gasteiger partial charge >= 0.3 is 14.0 Å².